The molecule has 24 heavy (non-hydrogen) atoms. The molecule has 1 aliphatic carbocycles. The van der Waals surface area contributed by atoms with E-state index in [9.17, 15) is 5.11 Å². The Morgan fingerprint density at radius 1 is 1.21 bits per heavy atom. The molecule has 5 heteroatoms. The second kappa shape index (κ2) is 10.2. The average Bonchev–Trinajstić information content (AvgIpc) is 2.96. The van der Waals surface area contributed by atoms with E-state index < -0.39 is 0 Å². The first-order valence-corrected chi connectivity index (χ1v) is 8.78. The van der Waals surface area contributed by atoms with Crippen LogP contribution in [0.1, 0.15) is 45.6 Å². The second-order valence-electron chi connectivity index (χ2n) is 7.08. The summed E-state index contributed by atoms with van der Waals surface area (Å²) in [6.45, 7) is 8.86. The first-order valence-electron chi connectivity index (χ1n) is 8.78. The minimum Gasteiger partial charge on any atom is -0.393 e. The van der Waals surface area contributed by atoms with Gasteiger partial charge >= 0.3 is 0 Å². The van der Waals surface area contributed by atoms with Gasteiger partial charge in [0.1, 0.15) is 0 Å². The molecule has 3 N–H and O–H groups in total. The molecule has 0 aromatic heterocycles. The van der Waals surface area contributed by atoms with Gasteiger partial charge in [-0.25, -0.2) is 0 Å². The third-order valence-electron chi connectivity index (χ3n) is 4.68. The van der Waals surface area contributed by atoms with E-state index in [0.29, 0.717) is 5.92 Å². The lowest BCUT2D eigenvalue weighted by Gasteiger charge is -2.24. The molecule has 2 rings (SSSR count). The maximum Gasteiger partial charge on any atom is 0.191 e. The third-order valence-corrected chi connectivity index (χ3v) is 4.68. The molecule has 4 nitrogen and oxygen atoms in total. The van der Waals surface area contributed by atoms with Crippen LogP contribution in [0.2, 0.25) is 0 Å². The molecule has 2 unspecified atom stereocenters. The number of guanidine groups is 1. The number of aliphatic hydroxyl groups is 1. The first-order chi connectivity index (χ1) is 11.0. The molecule has 0 radical (unpaired) electrons. The Hall–Kier alpha value is -0.820. The highest BCUT2D eigenvalue weighted by Gasteiger charge is 2.25. The molecule has 1 saturated carbocycles. The van der Waals surface area contributed by atoms with Crippen molar-refractivity contribution in [2.24, 2.45) is 10.9 Å². The quantitative estimate of drug-likeness (QED) is 0.358. The lowest BCUT2D eigenvalue weighted by Crippen LogP contribution is -2.41. The van der Waals surface area contributed by atoms with E-state index in [0.717, 1.165) is 44.9 Å². The summed E-state index contributed by atoms with van der Waals surface area (Å²) in [5, 5.41) is 16.6. The fourth-order valence-electron chi connectivity index (χ4n) is 3.08. The van der Waals surface area contributed by atoms with Gasteiger partial charge in [0.05, 0.1) is 12.6 Å². The van der Waals surface area contributed by atoms with Crippen LogP contribution in [0.4, 0.5) is 0 Å². The third kappa shape index (κ3) is 6.24. The van der Waals surface area contributed by atoms with Gasteiger partial charge in [0.15, 0.2) is 5.96 Å². The summed E-state index contributed by atoms with van der Waals surface area (Å²) in [7, 11) is 0. The van der Waals surface area contributed by atoms with E-state index in [1.807, 2.05) is 6.07 Å². The fourth-order valence-corrected chi connectivity index (χ4v) is 3.08. The van der Waals surface area contributed by atoms with Crippen LogP contribution in [0.3, 0.4) is 0 Å². The minimum atomic E-state index is -0.161. The second-order valence-corrected chi connectivity index (χ2v) is 7.08. The Morgan fingerprint density at radius 3 is 2.50 bits per heavy atom. The Bertz CT molecular complexity index is 505. The minimum absolute atomic E-state index is 0. The number of nitrogens with one attached hydrogen (secondary N) is 2. The standard InChI is InChI=1S/C19H31N3O.HI/c1-4-20-18(21-13-15-9-8-12-17(15)23)22-14-19(2,3)16-10-6-5-7-11-16;/h5-7,10-11,15,17,23H,4,8-9,12-14H2,1-3H3,(H2,20,21,22);1H. The van der Waals surface area contributed by atoms with Gasteiger partial charge in [-0.2, -0.15) is 0 Å². The number of benzene rings is 1. The topological polar surface area (TPSA) is 56.7 Å². The van der Waals surface area contributed by atoms with Gasteiger partial charge in [0.2, 0.25) is 0 Å². The molecular formula is C19H32IN3O. The van der Waals surface area contributed by atoms with E-state index in [1.54, 1.807) is 0 Å². The maximum absolute atomic E-state index is 9.94. The van der Waals surface area contributed by atoms with Gasteiger partial charge in [0, 0.05) is 24.4 Å². The highest BCUT2D eigenvalue weighted by Crippen LogP contribution is 2.25. The van der Waals surface area contributed by atoms with Crippen molar-refractivity contribution in [3.05, 3.63) is 35.9 Å². The molecule has 0 aliphatic heterocycles. The number of hydrogen-bond acceptors (Lipinski definition) is 2. The van der Waals surface area contributed by atoms with E-state index in [4.69, 9.17) is 4.99 Å². The van der Waals surface area contributed by atoms with Crippen LogP contribution in [0, 0.1) is 5.92 Å². The highest BCUT2D eigenvalue weighted by atomic mass is 127. The summed E-state index contributed by atoms with van der Waals surface area (Å²) in [5.74, 6) is 1.19. The Morgan fingerprint density at radius 2 is 1.92 bits per heavy atom. The van der Waals surface area contributed by atoms with Gasteiger partial charge < -0.3 is 15.7 Å². The van der Waals surface area contributed by atoms with Crippen LogP contribution in [-0.4, -0.2) is 36.8 Å². The van der Waals surface area contributed by atoms with Crippen molar-refractivity contribution in [2.45, 2.75) is 51.6 Å². The zero-order chi connectivity index (χ0) is 16.7. The number of hydrogen-bond donors (Lipinski definition) is 3. The SMILES string of the molecule is CCNC(=NCC(C)(C)c1ccccc1)NCC1CCCC1O.I. The lowest BCUT2D eigenvalue weighted by molar-refractivity contribution is 0.134. The molecule has 2 atom stereocenters. The van der Waals surface area contributed by atoms with Gasteiger partial charge in [-0.15, -0.1) is 24.0 Å². The predicted octanol–water partition coefficient (Wildman–Crippen LogP) is 3.30. The molecule has 1 fully saturated rings. The van der Waals surface area contributed by atoms with Crippen LogP contribution in [0.25, 0.3) is 0 Å². The molecule has 0 heterocycles. The lowest BCUT2D eigenvalue weighted by atomic mass is 9.85. The number of rotatable bonds is 6. The van der Waals surface area contributed by atoms with E-state index in [1.165, 1.54) is 5.56 Å². The molecule has 0 spiro atoms. The predicted molar refractivity (Wildman–Crippen MR) is 112 cm³/mol. The van der Waals surface area contributed by atoms with Crippen molar-refractivity contribution >= 4 is 29.9 Å². The van der Waals surface area contributed by atoms with Crippen molar-refractivity contribution in [1.82, 2.24) is 10.6 Å². The fraction of sp³-hybridized carbons (Fsp3) is 0.632. The summed E-state index contributed by atoms with van der Waals surface area (Å²) in [6.07, 6.45) is 3.00. The first kappa shape index (κ1) is 21.2. The molecule has 1 aromatic carbocycles. The Balaban J connectivity index is 0.00000288. The van der Waals surface area contributed by atoms with Crippen LogP contribution >= 0.6 is 24.0 Å². The van der Waals surface area contributed by atoms with Crippen molar-refractivity contribution < 1.29 is 5.11 Å². The Kier molecular flexibility index (Phi) is 9.05. The monoisotopic (exact) mass is 445 g/mol. The zero-order valence-corrected chi connectivity index (χ0v) is 17.4. The molecule has 0 amide bonds. The normalized spacial score (nSPS) is 21.2. The van der Waals surface area contributed by atoms with Crippen molar-refractivity contribution in [3.8, 4) is 0 Å². The van der Waals surface area contributed by atoms with Crippen LogP contribution in [0.15, 0.2) is 35.3 Å². The molecular weight excluding hydrogens is 413 g/mol. The van der Waals surface area contributed by atoms with E-state index in [-0.39, 0.29) is 35.5 Å². The van der Waals surface area contributed by atoms with Gasteiger partial charge in [-0.3, -0.25) is 4.99 Å². The average molecular weight is 445 g/mol. The van der Waals surface area contributed by atoms with Crippen molar-refractivity contribution in [2.75, 3.05) is 19.6 Å². The summed E-state index contributed by atoms with van der Waals surface area (Å²) >= 11 is 0. The number of aliphatic hydroxyl groups excluding tert-OH is 1. The van der Waals surface area contributed by atoms with Gasteiger partial charge in [-0.05, 0) is 25.3 Å². The molecule has 136 valence electrons. The van der Waals surface area contributed by atoms with Crippen LogP contribution in [-0.2, 0) is 5.41 Å². The number of aliphatic imine (C=N–C) groups is 1. The van der Waals surface area contributed by atoms with Gasteiger partial charge in [-0.1, -0.05) is 50.6 Å². The number of nitrogens with zero attached hydrogens (tertiary/aromatic N) is 1. The number of halogens is 1. The Labute approximate surface area is 163 Å². The van der Waals surface area contributed by atoms with Crippen molar-refractivity contribution in [3.63, 3.8) is 0 Å². The smallest absolute Gasteiger partial charge is 0.191 e. The summed E-state index contributed by atoms with van der Waals surface area (Å²) in [5.41, 5.74) is 1.29. The highest BCUT2D eigenvalue weighted by molar-refractivity contribution is 14.0. The van der Waals surface area contributed by atoms with E-state index in [2.05, 4.69) is 55.7 Å². The van der Waals surface area contributed by atoms with Crippen molar-refractivity contribution in [1.29, 1.82) is 0 Å². The summed E-state index contributed by atoms with van der Waals surface area (Å²) < 4.78 is 0. The van der Waals surface area contributed by atoms with Gasteiger partial charge in [0.25, 0.3) is 0 Å². The molecule has 1 aromatic rings. The molecule has 0 bridgehead atoms. The molecule has 1 aliphatic rings. The maximum atomic E-state index is 9.94. The summed E-state index contributed by atoms with van der Waals surface area (Å²) in [6, 6.07) is 10.5. The molecule has 0 saturated heterocycles. The zero-order valence-electron chi connectivity index (χ0n) is 15.1. The van der Waals surface area contributed by atoms with Crippen LogP contribution in [0.5, 0.6) is 0 Å². The largest absolute Gasteiger partial charge is 0.393 e. The van der Waals surface area contributed by atoms with Crippen LogP contribution < -0.4 is 10.6 Å². The van der Waals surface area contributed by atoms with E-state index >= 15 is 0 Å². The summed E-state index contributed by atoms with van der Waals surface area (Å²) in [4.78, 5) is 4.76.